The van der Waals surface area contributed by atoms with Crippen LogP contribution in [0.2, 0.25) is 0 Å². The average Bonchev–Trinajstić information content (AvgIpc) is 3.24. The molecule has 2 aromatic carbocycles. The Bertz CT molecular complexity index is 1070. The standard InChI is InChI=1S/C20H20N2O4S/c1-14(19-13-15-6-2-3-9-18(15)26-19)21-20(23)16-7-4-8-17(12-16)22-10-5-11-27(22,24)25/h2-4,6-9,12-14H,5,10-11H2,1H3,(H,21,23). The van der Waals surface area contributed by atoms with Gasteiger partial charge >= 0.3 is 0 Å². The maximum absolute atomic E-state index is 12.7. The van der Waals surface area contributed by atoms with Gasteiger partial charge in [0.1, 0.15) is 11.3 Å². The summed E-state index contributed by atoms with van der Waals surface area (Å²) in [5.41, 5.74) is 1.71. The predicted octanol–water partition coefficient (Wildman–Crippen LogP) is 3.46. The molecule has 0 spiro atoms. The zero-order chi connectivity index (χ0) is 19.0. The van der Waals surface area contributed by atoms with Crippen LogP contribution in [0, 0.1) is 0 Å². The summed E-state index contributed by atoms with van der Waals surface area (Å²) in [4.78, 5) is 12.7. The predicted molar refractivity (Wildman–Crippen MR) is 104 cm³/mol. The van der Waals surface area contributed by atoms with Crippen molar-refractivity contribution in [2.24, 2.45) is 0 Å². The number of furan rings is 1. The summed E-state index contributed by atoms with van der Waals surface area (Å²) in [5, 5.41) is 3.89. The highest BCUT2D eigenvalue weighted by atomic mass is 32.2. The molecule has 27 heavy (non-hydrogen) atoms. The number of anilines is 1. The third kappa shape index (κ3) is 3.42. The van der Waals surface area contributed by atoms with Crippen molar-refractivity contribution in [3.63, 3.8) is 0 Å². The number of carbonyl (C=O) groups excluding carboxylic acids is 1. The molecular weight excluding hydrogens is 364 g/mol. The fraction of sp³-hybridized carbons (Fsp3) is 0.250. The van der Waals surface area contributed by atoms with E-state index in [0.29, 0.717) is 30.0 Å². The Hall–Kier alpha value is -2.80. The van der Waals surface area contributed by atoms with E-state index in [1.807, 2.05) is 37.3 Å². The Kier molecular flexibility index (Phi) is 4.39. The minimum Gasteiger partial charge on any atom is -0.459 e. The fourth-order valence-electron chi connectivity index (χ4n) is 3.30. The molecule has 4 rings (SSSR count). The summed E-state index contributed by atoms with van der Waals surface area (Å²) in [6, 6.07) is 16.0. The summed E-state index contributed by atoms with van der Waals surface area (Å²) in [6.45, 7) is 2.30. The van der Waals surface area contributed by atoms with Gasteiger partial charge in [0.25, 0.3) is 5.91 Å². The topological polar surface area (TPSA) is 79.6 Å². The fourth-order valence-corrected chi connectivity index (χ4v) is 4.86. The van der Waals surface area contributed by atoms with Crippen LogP contribution in [-0.4, -0.2) is 26.6 Å². The highest BCUT2D eigenvalue weighted by Crippen LogP contribution is 2.26. The lowest BCUT2D eigenvalue weighted by Gasteiger charge is -2.18. The van der Waals surface area contributed by atoms with E-state index in [1.54, 1.807) is 24.3 Å². The molecule has 1 atom stereocenters. The quantitative estimate of drug-likeness (QED) is 0.747. The number of nitrogens with zero attached hydrogens (tertiary/aromatic N) is 1. The zero-order valence-electron chi connectivity index (χ0n) is 14.9. The molecule has 0 aliphatic carbocycles. The van der Waals surface area contributed by atoms with Crippen molar-refractivity contribution in [2.75, 3.05) is 16.6 Å². The summed E-state index contributed by atoms with van der Waals surface area (Å²) in [6.07, 6.45) is 0.599. The second-order valence-corrected chi connectivity index (χ2v) is 8.69. The van der Waals surface area contributed by atoms with Crippen LogP contribution in [0.3, 0.4) is 0 Å². The molecule has 1 aromatic heterocycles. The zero-order valence-corrected chi connectivity index (χ0v) is 15.7. The van der Waals surface area contributed by atoms with Crippen LogP contribution in [-0.2, 0) is 10.0 Å². The minimum absolute atomic E-state index is 0.145. The molecule has 3 aromatic rings. The number of hydrogen-bond acceptors (Lipinski definition) is 4. The molecule has 1 amide bonds. The molecule has 140 valence electrons. The average molecular weight is 384 g/mol. The molecule has 1 N–H and O–H groups in total. The molecule has 7 heteroatoms. The van der Waals surface area contributed by atoms with E-state index >= 15 is 0 Å². The monoisotopic (exact) mass is 384 g/mol. The molecule has 1 aliphatic heterocycles. The molecule has 1 aliphatic rings. The third-order valence-electron chi connectivity index (χ3n) is 4.71. The number of rotatable bonds is 4. The van der Waals surface area contributed by atoms with Crippen molar-refractivity contribution in [1.82, 2.24) is 5.32 Å². The number of carbonyl (C=O) groups is 1. The van der Waals surface area contributed by atoms with Crippen LogP contribution in [0.25, 0.3) is 11.0 Å². The first-order valence-corrected chi connectivity index (χ1v) is 10.4. The van der Waals surface area contributed by atoms with Crippen LogP contribution in [0.15, 0.2) is 59.0 Å². The highest BCUT2D eigenvalue weighted by molar-refractivity contribution is 7.93. The van der Waals surface area contributed by atoms with Gasteiger partial charge in [0, 0.05) is 17.5 Å². The highest BCUT2D eigenvalue weighted by Gasteiger charge is 2.28. The maximum Gasteiger partial charge on any atom is 0.251 e. The minimum atomic E-state index is -3.28. The van der Waals surface area contributed by atoms with Gasteiger partial charge in [-0.1, -0.05) is 24.3 Å². The second kappa shape index (κ2) is 6.74. The Morgan fingerprint density at radius 3 is 2.70 bits per heavy atom. The lowest BCUT2D eigenvalue weighted by molar-refractivity contribution is 0.0935. The number of fused-ring (bicyclic) bond motifs is 1. The number of sulfonamides is 1. The van der Waals surface area contributed by atoms with Gasteiger partial charge in [-0.3, -0.25) is 9.10 Å². The molecule has 1 fully saturated rings. The summed E-state index contributed by atoms with van der Waals surface area (Å²) in [7, 11) is -3.28. The van der Waals surface area contributed by atoms with Crippen LogP contribution >= 0.6 is 0 Å². The van der Waals surface area contributed by atoms with Gasteiger partial charge in [-0.15, -0.1) is 0 Å². The first-order valence-electron chi connectivity index (χ1n) is 8.84. The molecule has 0 saturated carbocycles. The Morgan fingerprint density at radius 1 is 1.15 bits per heavy atom. The second-order valence-electron chi connectivity index (χ2n) is 6.67. The van der Waals surface area contributed by atoms with Crippen LogP contribution in [0.1, 0.15) is 35.5 Å². The van der Waals surface area contributed by atoms with Crippen molar-refractivity contribution in [2.45, 2.75) is 19.4 Å². The lowest BCUT2D eigenvalue weighted by Crippen LogP contribution is -2.28. The molecule has 0 bridgehead atoms. The smallest absolute Gasteiger partial charge is 0.251 e. The van der Waals surface area contributed by atoms with Gasteiger partial charge in [-0.2, -0.15) is 0 Å². The van der Waals surface area contributed by atoms with Crippen LogP contribution in [0.4, 0.5) is 5.69 Å². The van der Waals surface area contributed by atoms with Gasteiger partial charge in [0.15, 0.2) is 0 Å². The summed E-state index contributed by atoms with van der Waals surface area (Å²) < 4.78 is 31.4. The molecule has 1 saturated heterocycles. The Labute approximate surface area is 157 Å². The van der Waals surface area contributed by atoms with E-state index < -0.39 is 10.0 Å². The van der Waals surface area contributed by atoms with Crippen LogP contribution in [0.5, 0.6) is 0 Å². The number of nitrogens with one attached hydrogen (secondary N) is 1. The number of amides is 1. The van der Waals surface area contributed by atoms with E-state index in [9.17, 15) is 13.2 Å². The van der Waals surface area contributed by atoms with Gasteiger partial charge in [0.2, 0.25) is 10.0 Å². The van der Waals surface area contributed by atoms with Crippen molar-refractivity contribution >= 4 is 32.6 Å². The van der Waals surface area contributed by atoms with E-state index in [1.165, 1.54) is 4.31 Å². The van der Waals surface area contributed by atoms with E-state index in [4.69, 9.17) is 4.42 Å². The van der Waals surface area contributed by atoms with Gasteiger partial charge in [0.05, 0.1) is 17.5 Å². The lowest BCUT2D eigenvalue weighted by atomic mass is 10.1. The van der Waals surface area contributed by atoms with Gasteiger partial charge in [-0.05, 0) is 43.7 Å². The number of benzene rings is 2. The summed E-state index contributed by atoms with van der Waals surface area (Å²) >= 11 is 0. The molecule has 0 radical (unpaired) electrons. The third-order valence-corrected chi connectivity index (χ3v) is 6.58. The molecule has 1 unspecified atom stereocenters. The molecule has 2 heterocycles. The number of para-hydroxylation sites is 1. The number of hydrogen-bond donors (Lipinski definition) is 1. The normalized spacial score (nSPS) is 17.1. The van der Waals surface area contributed by atoms with Crippen molar-refractivity contribution in [3.8, 4) is 0 Å². The van der Waals surface area contributed by atoms with E-state index in [0.717, 1.165) is 11.0 Å². The molecular formula is C20H20N2O4S. The molecule has 6 nitrogen and oxygen atoms in total. The van der Waals surface area contributed by atoms with E-state index in [2.05, 4.69) is 5.32 Å². The van der Waals surface area contributed by atoms with E-state index in [-0.39, 0.29) is 17.7 Å². The largest absolute Gasteiger partial charge is 0.459 e. The van der Waals surface area contributed by atoms with Crippen LogP contribution < -0.4 is 9.62 Å². The summed E-state index contributed by atoms with van der Waals surface area (Å²) in [5.74, 6) is 0.538. The van der Waals surface area contributed by atoms with Crippen molar-refractivity contribution in [3.05, 3.63) is 65.9 Å². The maximum atomic E-state index is 12.7. The Morgan fingerprint density at radius 2 is 1.96 bits per heavy atom. The van der Waals surface area contributed by atoms with Gasteiger partial charge in [-0.25, -0.2) is 8.42 Å². The van der Waals surface area contributed by atoms with Crippen molar-refractivity contribution < 1.29 is 17.6 Å². The first-order chi connectivity index (χ1) is 12.9. The van der Waals surface area contributed by atoms with Gasteiger partial charge < -0.3 is 9.73 Å². The Balaban J connectivity index is 1.53. The van der Waals surface area contributed by atoms with Crippen molar-refractivity contribution in [1.29, 1.82) is 0 Å². The first kappa shape index (κ1) is 17.6. The SMILES string of the molecule is CC(NC(=O)c1cccc(N2CCCS2(=O)=O)c1)c1cc2ccccc2o1.